The first-order valence-electron chi connectivity index (χ1n) is 8.36. The normalized spacial score (nSPS) is 13.0. The summed E-state index contributed by atoms with van der Waals surface area (Å²) in [5, 5.41) is 6.32. The van der Waals surface area contributed by atoms with E-state index in [1.54, 1.807) is 23.5 Å². The number of hydrogen-bond acceptors (Lipinski definition) is 5. The molecule has 2 N–H and O–H groups in total. The van der Waals surface area contributed by atoms with Crippen LogP contribution < -0.4 is 10.6 Å². The van der Waals surface area contributed by atoms with Crippen LogP contribution in [0.5, 0.6) is 0 Å². The Morgan fingerprint density at radius 1 is 1.20 bits per heavy atom. The van der Waals surface area contributed by atoms with Crippen LogP contribution in [0.1, 0.15) is 39.3 Å². The molecule has 25 heavy (non-hydrogen) atoms. The first-order valence-corrected chi connectivity index (χ1v) is 9.18. The minimum absolute atomic E-state index is 0.239. The zero-order chi connectivity index (χ0) is 17.6. The van der Waals surface area contributed by atoms with E-state index in [2.05, 4.69) is 20.4 Å². The Morgan fingerprint density at radius 2 is 1.96 bits per heavy atom. The third kappa shape index (κ3) is 4.57. The number of anilines is 1. The van der Waals surface area contributed by atoms with Crippen LogP contribution in [0.2, 0.25) is 0 Å². The summed E-state index contributed by atoms with van der Waals surface area (Å²) in [5.41, 5.74) is 2.69. The minimum Gasteiger partial charge on any atom is -0.465 e. The average molecular weight is 359 g/mol. The van der Waals surface area contributed by atoms with Crippen molar-refractivity contribution in [2.24, 2.45) is 0 Å². The molecular weight excluding hydrogens is 338 g/mol. The lowest BCUT2D eigenvalue weighted by Gasteiger charge is -2.06. The van der Waals surface area contributed by atoms with Crippen molar-refractivity contribution >= 4 is 28.5 Å². The molecule has 7 heteroatoms. The van der Waals surface area contributed by atoms with Gasteiger partial charge < -0.3 is 10.1 Å². The molecule has 1 aliphatic carbocycles. The van der Waals surface area contributed by atoms with E-state index in [0.717, 1.165) is 24.1 Å². The number of benzene rings is 1. The molecule has 1 aromatic heterocycles. The molecule has 1 aromatic carbocycles. The quantitative estimate of drug-likeness (QED) is 0.804. The maximum atomic E-state index is 12.0. The second-order valence-corrected chi connectivity index (χ2v) is 7.00. The molecule has 6 nitrogen and oxygen atoms in total. The molecule has 1 aliphatic rings. The average Bonchev–Trinajstić information content (AvgIpc) is 3.03. The highest BCUT2D eigenvalue weighted by molar-refractivity contribution is 7.15. The summed E-state index contributed by atoms with van der Waals surface area (Å²) in [6.07, 6.45) is 5.14. The molecule has 0 bridgehead atoms. The van der Waals surface area contributed by atoms with Crippen LogP contribution in [0, 0.1) is 0 Å². The second-order valence-electron chi connectivity index (χ2n) is 5.92. The molecule has 2 amide bonds. The van der Waals surface area contributed by atoms with Gasteiger partial charge in [0, 0.05) is 11.4 Å². The predicted octanol–water partition coefficient (Wildman–Crippen LogP) is 3.17. The van der Waals surface area contributed by atoms with Crippen molar-refractivity contribution in [1.29, 1.82) is 0 Å². The highest BCUT2D eigenvalue weighted by Gasteiger charge is 2.16. The van der Waals surface area contributed by atoms with Gasteiger partial charge in [0.1, 0.15) is 0 Å². The first kappa shape index (κ1) is 17.4. The molecule has 2 aromatic rings. The van der Waals surface area contributed by atoms with E-state index in [9.17, 15) is 9.59 Å². The number of amides is 2. The number of fused-ring (bicyclic) bond motifs is 1. The maximum Gasteiger partial charge on any atom is 0.337 e. The van der Waals surface area contributed by atoms with Crippen molar-refractivity contribution in [3.8, 4) is 0 Å². The Labute approximate surface area is 150 Å². The Hall–Kier alpha value is -2.41. The molecule has 0 saturated carbocycles. The fourth-order valence-corrected chi connectivity index (χ4v) is 3.84. The number of aromatic nitrogens is 1. The van der Waals surface area contributed by atoms with Crippen molar-refractivity contribution in [2.75, 3.05) is 19.0 Å². The number of aryl methyl sites for hydroxylation is 2. The van der Waals surface area contributed by atoms with Gasteiger partial charge in [0.05, 0.1) is 18.4 Å². The Balaban J connectivity index is 1.44. The van der Waals surface area contributed by atoms with Crippen LogP contribution in [0.4, 0.5) is 9.93 Å². The number of thiazole rings is 1. The topological polar surface area (TPSA) is 80.3 Å². The van der Waals surface area contributed by atoms with E-state index in [0.29, 0.717) is 23.7 Å². The second kappa shape index (κ2) is 8.11. The van der Waals surface area contributed by atoms with E-state index in [-0.39, 0.29) is 12.0 Å². The maximum absolute atomic E-state index is 12.0. The monoisotopic (exact) mass is 359 g/mol. The predicted molar refractivity (Wildman–Crippen MR) is 97.3 cm³/mol. The van der Waals surface area contributed by atoms with Gasteiger partial charge in [-0.05, 0) is 49.8 Å². The van der Waals surface area contributed by atoms with Crippen molar-refractivity contribution in [1.82, 2.24) is 10.3 Å². The standard InChI is InChI=1S/C18H21N3O3S/c1-24-16(22)13-8-6-12(7-9-13)10-11-19-17(23)21-18-20-14-4-2-3-5-15(14)25-18/h6-9H,2-5,10-11H2,1H3,(H2,19,20,21,23). The third-order valence-electron chi connectivity index (χ3n) is 4.14. The van der Waals surface area contributed by atoms with Crippen LogP contribution in [-0.4, -0.2) is 30.6 Å². The molecule has 0 radical (unpaired) electrons. The first-order chi connectivity index (χ1) is 12.2. The lowest BCUT2D eigenvalue weighted by atomic mass is 10.0. The summed E-state index contributed by atoms with van der Waals surface area (Å²) in [6.45, 7) is 0.508. The largest absolute Gasteiger partial charge is 0.465 e. The van der Waals surface area contributed by atoms with Crippen molar-refractivity contribution in [2.45, 2.75) is 32.1 Å². The van der Waals surface area contributed by atoms with Crippen LogP contribution >= 0.6 is 11.3 Å². The highest BCUT2D eigenvalue weighted by Crippen LogP contribution is 2.29. The number of nitrogens with one attached hydrogen (secondary N) is 2. The number of carbonyl (C=O) groups excluding carboxylic acids is 2. The van der Waals surface area contributed by atoms with E-state index in [1.165, 1.54) is 24.8 Å². The van der Waals surface area contributed by atoms with Gasteiger partial charge in [-0.3, -0.25) is 5.32 Å². The summed E-state index contributed by atoms with van der Waals surface area (Å²) < 4.78 is 4.67. The van der Waals surface area contributed by atoms with Gasteiger partial charge in [-0.15, -0.1) is 11.3 Å². The zero-order valence-electron chi connectivity index (χ0n) is 14.1. The fraction of sp³-hybridized carbons (Fsp3) is 0.389. The Kier molecular flexibility index (Phi) is 5.65. The molecule has 0 unspecified atom stereocenters. The van der Waals surface area contributed by atoms with Gasteiger partial charge in [0.25, 0.3) is 0 Å². The number of rotatable bonds is 5. The van der Waals surface area contributed by atoms with Gasteiger partial charge in [-0.25, -0.2) is 14.6 Å². The smallest absolute Gasteiger partial charge is 0.337 e. The number of urea groups is 1. The van der Waals surface area contributed by atoms with Gasteiger partial charge >= 0.3 is 12.0 Å². The molecule has 0 atom stereocenters. The summed E-state index contributed by atoms with van der Waals surface area (Å²) in [7, 11) is 1.36. The van der Waals surface area contributed by atoms with Crippen LogP contribution in [0.25, 0.3) is 0 Å². The summed E-state index contributed by atoms with van der Waals surface area (Å²) >= 11 is 1.57. The number of nitrogens with zero attached hydrogens (tertiary/aromatic N) is 1. The van der Waals surface area contributed by atoms with E-state index in [4.69, 9.17) is 0 Å². The lowest BCUT2D eigenvalue weighted by molar-refractivity contribution is 0.0600. The molecule has 132 valence electrons. The molecule has 3 rings (SSSR count). The van der Waals surface area contributed by atoms with E-state index >= 15 is 0 Å². The van der Waals surface area contributed by atoms with Crippen LogP contribution in [-0.2, 0) is 24.0 Å². The summed E-state index contributed by atoms with van der Waals surface area (Å²) in [5.74, 6) is -0.352. The highest BCUT2D eigenvalue weighted by atomic mass is 32.1. The van der Waals surface area contributed by atoms with Gasteiger partial charge in [-0.2, -0.15) is 0 Å². The molecular formula is C18H21N3O3S. The van der Waals surface area contributed by atoms with Gasteiger partial charge in [0.15, 0.2) is 5.13 Å². The van der Waals surface area contributed by atoms with Gasteiger partial charge in [-0.1, -0.05) is 12.1 Å². The number of hydrogen-bond donors (Lipinski definition) is 2. The van der Waals surface area contributed by atoms with Crippen molar-refractivity contribution in [3.63, 3.8) is 0 Å². The van der Waals surface area contributed by atoms with Gasteiger partial charge in [0.2, 0.25) is 0 Å². The van der Waals surface area contributed by atoms with Crippen molar-refractivity contribution in [3.05, 3.63) is 46.0 Å². The molecule has 0 saturated heterocycles. The zero-order valence-corrected chi connectivity index (χ0v) is 14.9. The lowest BCUT2D eigenvalue weighted by Crippen LogP contribution is -2.30. The molecule has 0 aliphatic heterocycles. The Morgan fingerprint density at radius 3 is 2.68 bits per heavy atom. The molecule has 0 fully saturated rings. The number of methoxy groups -OCH3 is 1. The van der Waals surface area contributed by atoms with Crippen LogP contribution in [0.3, 0.4) is 0 Å². The van der Waals surface area contributed by atoms with E-state index in [1.807, 2.05) is 12.1 Å². The third-order valence-corrected chi connectivity index (χ3v) is 5.21. The number of carbonyl (C=O) groups is 2. The Bertz CT molecular complexity index is 732. The SMILES string of the molecule is COC(=O)c1ccc(CCNC(=O)Nc2nc3c(s2)CCCC3)cc1. The van der Waals surface area contributed by atoms with E-state index < -0.39 is 0 Å². The summed E-state index contributed by atoms with van der Waals surface area (Å²) in [4.78, 5) is 29.2. The molecule has 1 heterocycles. The fourth-order valence-electron chi connectivity index (χ4n) is 2.79. The molecule has 0 spiro atoms. The van der Waals surface area contributed by atoms with Crippen molar-refractivity contribution < 1.29 is 14.3 Å². The summed E-state index contributed by atoms with van der Waals surface area (Å²) in [6, 6.07) is 6.93. The number of ether oxygens (including phenoxy) is 1. The minimum atomic E-state index is -0.352. The van der Waals surface area contributed by atoms with Crippen LogP contribution in [0.15, 0.2) is 24.3 Å². The number of esters is 1.